The van der Waals surface area contributed by atoms with Gasteiger partial charge in [0.1, 0.15) is 48.1 Å². The molecule has 0 aliphatic carbocycles. The monoisotopic (exact) mass is 592 g/mol. The minimum atomic E-state index is -1.92. The first kappa shape index (κ1) is 30.2. The standard InChI is InChI=1S/C28H32O14/c1-36-14-5-3-13(4-6-14)16-9-38-23-15(19(16)30)7-8-17(24(23)37-2)41-26-22(33)21(32)20(31)18(42-26)10-39-27-25(34)28(35,11-29)12-40-27/h3-9,18,20-22,25-27,29,31-35H,10-12H2,1-2H3/t18-,20-,21+,22-,25+,26+,27+,28-/m1/s1. The van der Waals surface area contributed by atoms with Crippen LogP contribution in [-0.4, -0.2) is 113 Å². The Labute approximate surface area is 238 Å². The van der Waals surface area contributed by atoms with E-state index in [1.807, 2.05) is 0 Å². The van der Waals surface area contributed by atoms with E-state index in [1.165, 1.54) is 32.6 Å². The molecule has 6 N–H and O–H groups in total. The van der Waals surface area contributed by atoms with Gasteiger partial charge in [-0.15, -0.1) is 0 Å². The number of ether oxygens (including phenoxy) is 6. The number of aliphatic hydroxyl groups excluding tert-OH is 5. The fourth-order valence-electron chi connectivity index (χ4n) is 4.81. The van der Waals surface area contributed by atoms with Crippen LogP contribution in [0.25, 0.3) is 22.1 Å². The number of fused-ring (bicyclic) bond motifs is 1. The van der Waals surface area contributed by atoms with Crippen LogP contribution in [0, 0.1) is 0 Å². The van der Waals surface area contributed by atoms with Crippen LogP contribution < -0.4 is 19.6 Å². The number of methoxy groups -OCH3 is 2. The van der Waals surface area contributed by atoms with Gasteiger partial charge in [0.25, 0.3) is 0 Å². The SMILES string of the molecule is COc1ccc(-c2coc3c(OC)c(O[C@H]4O[C@H](CO[C@H]5OC[C@](O)(CO)[C@H]5O)[C@@H](O)[C@H](O)[C@H]4O)ccc3c2=O)cc1. The Morgan fingerprint density at radius 1 is 0.952 bits per heavy atom. The van der Waals surface area contributed by atoms with Gasteiger partial charge in [-0.1, -0.05) is 12.1 Å². The van der Waals surface area contributed by atoms with Crippen LogP contribution in [0.1, 0.15) is 0 Å². The lowest BCUT2D eigenvalue weighted by atomic mass is 9.99. The summed E-state index contributed by atoms with van der Waals surface area (Å²) in [4.78, 5) is 13.3. The molecule has 2 aliphatic heterocycles. The third-order valence-electron chi connectivity index (χ3n) is 7.38. The van der Waals surface area contributed by atoms with Gasteiger partial charge >= 0.3 is 0 Å². The zero-order valence-electron chi connectivity index (χ0n) is 22.7. The van der Waals surface area contributed by atoms with Crippen molar-refractivity contribution in [3.8, 4) is 28.4 Å². The first-order valence-corrected chi connectivity index (χ1v) is 13.0. The van der Waals surface area contributed by atoms with Crippen LogP contribution in [0.5, 0.6) is 17.2 Å². The van der Waals surface area contributed by atoms with Crippen LogP contribution in [0.4, 0.5) is 0 Å². The van der Waals surface area contributed by atoms with Gasteiger partial charge in [0.05, 0.1) is 45.0 Å². The maximum atomic E-state index is 13.3. The largest absolute Gasteiger partial charge is 0.497 e. The summed E-state index contributed by atoms with van der Waals surface area (Å²) in [7, 11) is 2.86. The van der Waals surface area contributed by atoms with Gasteiger partial charge in [0.2, 0.25) is 17.5 Å². The Morgan fingerprint density at radius 2 is 1.69 bits per heavy atom. The number of aliphatic hydroxyl groups is 6. The molecule has 42 heavy (non-hydrogen) atoms. The summed E-state index contributed by atoms with van der Waals surface area (Å²) in [5, 5.41) is 61.3. The second-order valence-corrected chi connectivity index (χ2v) is 10.0. The second kappa shape index (κ2) is 12.1. The van der Waals surface area contributed by atoms with Crippen molar-refractivity contribution in [2.45, 2.75) is 48.7 Å². The van der Waals surface area contributed by atoms with Crippen molar-refractivity contribution < 1.29 is 63.5 Å². The van der Waals surface area contributed by atoms with Crippen molar-refractivity contribution in [2.75, 3.05) is 34.0 Å². The van der Waals surface area contributed by atoms with Crippen molar-refractivity contribution in [1.29, 1.82) is 0 Å². The highest BCUT2D eigenvalue weighted by molar-refractivity contribution is 5.88. The Bertz CT molecular complexity index is 1440. The highest BCUT2D eigenvalue weighted by Crippen LogP contribution is 2.38. The molecule has 3 aromatic rings. The van der Waals surface area contributed by atoms with Gasteiger partial charge in [0, 0.05) is 0 Å². The molecule has 0 spiro atoms. The zero-order chi connectivity index (χ0) is 30.2. The van der Waals surface area contributed by atoms with Crippen molar-refractivity contribution in [3.05, 3.63) is 52.9 Å². The first-order valence-electron chi connectivity index (χ1n) is 13.0. The molecule has 0 bridgehead atoms. The zero-order valence-corrected chi connectivity index (χ0v) is 22.7. The van der Waals surface area contributed by atoms with E-state index < -0.39 is 68.5 Å². The van der Waals surface area contributed by atoms with Crippen molar-refractivity contribution in [1.82, 2.24) is 0 Å². The fraction of sp³-hybridized carbons (Fsp3) is 0.464. The molecule has 0 radical (unpaired) electrons. The fourth-order valence-corrected chi connectivity index (χ4v) is 4.81. The van der Waals surface area contributed by atoms with E-state index in [-0.39, 0.29) is 27.9 Å². The predicted octanol–water partition coefficient (Wildman–Crippen LogP) is -0.879. The molecule has 3 heterocycles. The maximum absolute atomic E-state index is 13.3. The summed E-state index contributed by atoms with van der Waals surface area (Å²) in [5.74, 6) is 0.644. The molecule has 228 valence electrons. The molecular formula is C28H32O14. The summed E-state index contributed by atoms with van der Waals surface area (Å²) in [5.41, 5.74) is -1.27. The van der Waals surface area contributed by atoms with Gasteiger partial charge < -0.3 is 63.5 Å². The Balaban J connectivity index is 1.36. The molecule has 0 unspecified atom stereocenters. The van der Waals surface area contributed by atoms with Crippen LogP contribution in [-0.2, 0) is 14.2 Å². The number of hydrogen-bond acceptors (Lipinski definition) is 14. The quantitative estimate of drug-likeness (QED) is 0.178. The lowest BCUT2D eigenvalue weighted by Crippen LogP contribution is -2.60. The van der Waals surface area contributed by atoms with Crippen LogP contribution in [0.3, 0.4) is 0 Å². The van der Waals surface area contributed by atoms with E-state index in [1.54, 1.807) is 24.3 Å². The van der Waals surface area contributed by atoms with Crippen molar-refractivity contribution in [2.24, 2.45) is 0 Å². The number of hydrogen-bond donors (Lipinski definition) is 6. The molecule has 14 heteroatoms. The van der Waals surface area contributed by atoms with Crippen molar-refractivity contribution >= 4 is 11.0 Å². The summed E-state index contributed by atoms with van der Waals surface area (Å²) in [6.45, 7) is -1.62. The number of rotatable bonds is 9. The van der Waals surface area contributed by atoms with E-state index in [0.29, 0.717) is 16.9 Å². The molecule has 8 atom stereocenters. The Morgan fingerprint density at radius 3 is 2.33 bits per heavy atom. The lowest BCUT2D eigenvalue weighted by Gasteiger charge is -2.40. The summed E-state index contributed by atoms with van der Waals surface area (Å²) >= 11 is 0. The van der Waals surface area contributed by atoms with Crippen LogP contribution in [0.15, 0.2) is 51.9 Å². The molecule has 2 aliphatic rings. The minimum Gasteiger partial charge on any atom is -0.497 e. The average Bonchev–Trinajstić information content (AvgIpc) is 3.30. The Kier molecular flexibility index (Phi) is 8.71. The van der Waals surface area contributed by atoms with E-state index in [9.17, 15) is 35.4 Å². The third-order valence-corrected chi connectivity index (χ3v) is 7.38. The molecule has 14 nitrogen and oxygen atoms in total. The second-order valence-electron chi connectivity index (χ2n) is 10.0. The predicted molar refractivity (Wildman–Crippen MR) is 142 cm³/mol. The molecule has 2 fully saturated rings. The molecule has 2 aromatic carbocycles. The van der Waals surface area contributed by atoms with Gasteiger partial charge in [0.15, 0.2) is 17.6 Å². The van der Waals surface area contributed by atoms with Gasteiger partial charge in [-0.05, 0) is 29.8 Å². The average molecular weight is 593 g/mol. The van der Waals surface area contributed by atoms with E-state index in [0.717, 1.165) is 0 Å². The summed E-state index contributed by atoms with van der Waals surface area (Å²) in [6.07, 6.45) is -9.54. The van der Waals surface area contributed by atoms with Crippen molar-refractivity contribution in [3.63, 3.8) is 0 Å². The first-order chi connectivity index (χ1) is 20.1. The molecule has 0 amide bonds. The third kappa shape index (κ3) is 5.44. The normalized spacial score (nSPS) is 31.3. The summed E-state index contributed by atoms with van der Waals surface area (Å²) in [6, 6.07) is 9.74. The van der Waals surface area contributed by atoms with E-state index in [4.69, 9.17) is 32.8 Å². The minimum absolute atomic E-state index is 0.000198. The molecule has 2 saturated heterocycles. The lowest BCUT2D eigenvalue weighted by molar-refractivity contribution is -0.289. The highest BCUT2D eigenvalue weighted by Gasteiger charge is 2.50. The Hall–Kier alpha value is -3.31. The molecule has 1 aromatic heterocycles. The smallest absolute Gasteiger partial charge is 0.229 e. The van der Waals surface area contributed by atoms with Crippen LogP contribution in [0.2, 0.25) is 0 Å². The van der Waals surface area contributed by atoms with E-state index in [2.05, 4.69) is 0 Å². The molecular weight excluding hydrogens is 560 g/mol. The van der Waals surface area contributed by atoms with E-state index >= 15 is 0 Å². The topological polar surface area (TPSA) is 207 Å². The molecule has 5 rings (SSSR count). The summed E-state index contributed by atoms with van der Waals surface area (Å²) < 4.78 is 38.5. The number of benzene rings is 2. The highest BCUT2D eigenvalue weighted by atomic mass is 16.7. The van der Waals surface area contributed by atoms with Gasteiger partial charge in [-0.25, -0.2) is 0 Å². The maximum Gasteiger partial charge on any atom is 0.229 e. The van der Waals surface area contributed by atoms with Crippen LogP contribution >= 0.6 is 0 Å². The molecule has 0 saturated carbocycles. The van der Waals surface area contributed by atoms with Gasteiger partial charge in [-0.3, -0.25) is 4.79 Å². The van der Waals surface area contributed by atoms with Gasteiger partial charge in [-0.2, -0.15) is 0 Å².